The van der Waals surface area contributed by atoms with E-state index in [4.69, 9.17) is 0 Å². The number of allylic oxidation sites excluding steroid dienone is 1. The minimum atomic E-state index is 0.346. The van der Waals surface area contributed by atoms with E-state index in [0.29, 0.717) is 5.92 Å². The van der Waals surface area contributed by atoms with Gasteiger partial charge in [-0.3, -0.25) is 0 Å². The highest BCUT2D eigenvalue weighted by Gasteiger charge is 2.18. The fourth-order valence-electron chi connectivity index (χ4n) is 3.58. The monoisotopic (exact) mass is 329 g/mol. The van der Waals surface area contributed by atoms with E-state index in [1.165, 1.54) is 38.7 Å². The molecule has 0 aromatic heterocycles. The number of hydrogen-bond donors (Lipinski definition) is 0. The van der Waals surface area contributed by atoms with Crippen LogP contribution in [-0.4, -0.2) is 14.1 Å². The minimum absolute atomic E-state index is 0.346. The van der Waals surface area contributed by atoms with Gasteiger partial charge in [0.2, 0.25) is 0 Å². The highest BCUT2D eigenvalue weighted by molar-refractivity contribution is 5.86. The van der Waals surface area contributed by atoms with Gasteiger partial charge in [-0.1, -0.05) is 54.1 Å². The molecule has 0 fully saturated rings. The SMILES string of the molecule is C=C(C)CC(c1ccc(N(C)C)cc1)c1ccc2ccccc2c1C. The van der Waals surface area contributed by atoms with E-state index in [2.05, 4.69) is 100 Å². The van der Waals surface area contributed by atoms with Crippen molar-refractivity contribution in [1.29, 1.82) is 0 Å². The summed E-state index contributed by atoms with van der Waals surface area (Å²) < 4.78 is 0. The normalized spacial score (nSPS) is 12.2. The van der Waals surface area contributed by atoms with Crippen molar-refractivity contribution in [1.82, 2.24) is 0 Å². The Morgan fingerprint density at radius 1 is 0.960 bits per heavy atom. The number of hydrogen-bond acceptors (Lipinski definition) is 1. The van der Waals surface area contributed by atoms with Crippen molar-refractivity contribution in [2.24, 2.45) is 0 Å². The maximum Gasteiger partial charge on any atom is 0.0361 e. The summed E-state index contributed by atoms with van der Waals surface area (Å²) in [6.07, 6.45) is 0.973. The lowest BCUT2D eigenvalue weighted by Gasteiger charge is -2.22. The smallest absolute Gasteiger partial charge is 0.0361 e. The van der Waals surface area contributed by atoms with Gasteiger partial charge in [0.05, 0.1) is 0 Å². The standard InChI is InChI=1S/C24H27N/c1-17(2)16-24(20-10-13-21(14-11-20)25(4)5)23-15-12-19-8-6-7-9-22(19)18(23)3/h6-15,24H,1,16H2,2-5H3. The summed E-state index contributed by atoms with van der Waals surface area (Å²) in [5, 5.41) is 2.65. The van der Waals surface area contributed by atoms with Crippen LogP contribution in [0.3, 0.4) is 0 Å². The molecule has 128 valence electrons. The summed E-state index contributed by atoms with van der Waals surface area (Å²) >= 11 is 0. The van der Waals surface area contributed by atoms with Crippen molar-refractivity contribution in [3.05, 3.63) is 89.5 Å². The molecule has 3 rings (SSSR count). The van der Waals surface area contributed by atoms with Gasteiger partial charge in [-0.2, -0.15) is 0 Å². The molecule has 3 aromatic carbocycles. The Kier molecular flexibility index (Phi) is 4.94. The summed E-state index contributed by atoms with van der Waals surface area (Å²) in [5.74, 6) is 0.346. The van der Waals surface area contributed by atoms with E-state index < -0.39 is 0 Å². The van der Waals surface area contributed by atoms with Crippen LogP contribution in [0.1, 0.15) is 36.0 Å². The first-order chi connectivity index (χ1) is 12.0. The second kappa shape index (κ2) is 7.14. The third-order valence-corrected chi connectivity index (χ3v) is 4.98. The van der Waals surface area contributed by atoms with Gasteiger partial charge in [-0.05, 0) is 59.9 Å². The molecule has 0 aliphatic heterocycles. The predicted molar refractivity (Wildman–Crippen MR) is 111 cm³/mol. The quantitative estimate of drug-likeness (QED) is 0.496. The first kappa shape index (κ1) is 17.3. The van der Waals surface area contributed by atoms with E-state index >= 15 is 0 Å². The number of aryl methyl sites for hydroxylation is 1. The van der Waals surface area contributed by atoms with Gasteiger partial charge in [-0.25, -0.2) is 0 Å². The molecule has 1 heteroatoms. The summed E-state index contributed by atoms with van der Waals surface area (Å²) in [5.41, 5.74) is 6.58. The molecule has 1 nitrogen and oxygen atoms in total. The lowest BCUT2D eigenvalue weighted by molar-refractivity contribution is 0.793. The summed E-state index contributed by atoms with van der Waals surface area (Å²) in [6.45, 7) is 8.55. The fourth-order valence-corrected chi connectivity index (χ4v) is 3.58. The molecule has 0 bridgehead atoms. The third-order valence-electron chi connectivity index (χ3n) is 4.98. The van der Waals surface area contributed by atoms with Gasteiger partial charge in [0.15, 0.2) is 0 Å². The van der Waals surface area contributed by atoms with E-state index in [-0.39, 0.29) is 0 Å². The molecule has 0 amide bonds. The van der Waals surface area contributed by atoms with Crippen LogP contribution in [0.25, 0.3) is 10.8 Å². The zero-order chi connectivity index (χ0) is 18.0. The molecule has 3 aromatic rings. The van der Waals surface area contributed by atoms with Crippen LogP contribution < -0.4 is 4.90 Å². The molecule has 0 aliphatic rings. The first-order valence-corrected chi connectivity index (χ1v) is 8.87. The van der Waals surface area contributed by atoms with Crippen molar-refractivity contribution in [2.75, 3.05) is 19.0 Å². The van der Waals surface area contributed by atoms with Crippen LogP contribution in [0.5, 0.6) is 0 Å². The van der Waals surface area contributed by atoms with Crippen LogP contribution >= 0.6 is 0 Å². The number of benzene rings is 3. The Bertz CT molecular complexity index is 888. The predicted octanol–water partition coefficient (Wildman–Crippen LogP) is 6.31. The van der Waals surface area contributed by atoms with Crippen molar-refractivity contribution in [2.45, 2.75) is 26.2 Å². The molecular weight excluding hydrogens is 302 g/mol. The molecule has 1 unspecified atom stereocenters. The molecule has 0 radical (unpaired) electrons. The minimum Gasteiger partial charge on any atom is -0.378 e. The summed E-state index contributed by atoms with van der Waals surface area (Å²) in [6, 6.07) is 22.1. The molecule has 0 aliphatic carbocycles. The number of nitrogens with zero attached hydrogens (tertiary/aromatic N) is 1. The van der Waals surface area contributed by atoms with E-state index in [0.717, 1.165) is 6.42 Å². The van der Waals surface area contributed by atoms with Crippen LogP contribution in [0.2, 0.25) is 0 Å². The number of fused-ring (bicyclic) bond motifs is 1. The topological polar surface area (TPSA) is 3.24 Å². The average molecular weight is 329 g/mol. The largest absolute Gasteiger partial charge is 0.378 e. The van der Waals surface area contributed by atoms with Crippen molar-refractivity contribution >= 4 is 16.5 Å². The molecule has 0 saturated heterocycles. The van der Waals surface area contributed by atoms with E-state index in [1.54, 1.807) is 0 Å². The van der Waals surface area contributed by atoms with Crippen molar-refractivity contribution < 1.29 is 0 Å². The lowest BCUT2D eigenvalue weighted by Crippen LogP contribution is -2.09. The molecule has 1 atom stereocenters. The van der Waals surface area contributed by atoms with Crippen molar-refractivity contribution in [3.63, 3.8) is 0 Å². The van der Waals surface area contributed by atoms with Gasteiger partial charge in [0.1, 0.15) is 0 Å². The maximum atomic E-state index is 4.18. The first-order valence-electron chi connectivity index (χ1n) is 8.87. The Hall–Kier alpha value is -2.54. The van der Waals surface area contributed by atoms with Gasteiger partial charge >= 0.3 is 0 Å². The number of anilines is 1. The van der Waals surface area contributed by atoms with Gasteiger partial charge in [0.25, 0.3) is 0 Å². The lowest BCUT2D eigenvalue weighted by atomic mass is 9.83. The Labute approximate surface area is 151 Å². The molecular formula is C24H27N. The van der Waals surface area contributed by atoms with Gasteiger partial charge in [-0.15, -0.1) is 6.58 Å². The van der Waals surface area contributed by atoms with Gasteiger partial charge in [0, 0.05) is 25.7 Å². The van der Waals surface area contributed by atoms with Crippen LogP contribution in [-0.2, 0) is 0 Å². The Balaban J connectivity index is 2.10. The maximum absolute atomic E-state index is 4.18. The van der Waals surface area contributed by atoms with Crippen LogP contribution in [0, 0.1) is 6.92 Å². The molecule has 0 spiro atoms. The molecule has 0 saturated carbocycles. The highest BCUT2D eigenvalue weighted by atomic mass is 15.1. The second-order valence-corrected chi connectivity index (χ2v) is 7.20. The zero-order valence-corrected chi connectivity index (χ0v) is 15.7. The molecule has 0 heterocycles. The Morgan fingerprint density at radius 2 is 1.64 bits per heavy atom. The van der Waals surface area contributed by atoms with Gasteiger partial charge < -0.3 is 4.90 Å². The highest BCUT2D eigenvalue weighted by Crippen LogP contribution is 2.36. The summed E-state index contributed by atoms with van der Waals surface area (Å²) in [7, 11) is 4.15. The number of rotatable bonds is 5. The van der Waals surface area contributed by atoms with Crippen LogP contribution in [0.15, 0.2) is 72.8 Å². The van der Waals surface area contributed by atoms with E-state index in [1.807, 2.05) is 0 Å². The molecule has 0 N–H and O–H groups in total. The molecule has 25 heavy (non-hydrogen) atoms. The second-order valence-electron chi connectivity index (χ2n) is 7.20. The van der Waals surface area contributed by atoms with E-state index in [9.17, 15) is 0 Å². The fraction of sp³-hybridized carbons (Fsp3) is 0.250. The van der Waals surface area contributed by atoms with Crippen LogP contribution in [0.4, 0.5) is 5.69 Å². The Morgan fingerprint density at radius 3 is 2.28 bits per heavy atom. The van der Waals surface area contributed by atoms with Crippen molar-refractivity contribution in [3.8, 4) is 0 Å². The third kappa shape index (κ3) is 3.61. The zero-order valence-electron chi connectivity index (χ0n) is 15.7. The summed E-state index contributed by atoms with van der Waals surface area (Å²) in [4.78, 5) is 2.14. The average Bonchev–Trinajstić information content (AvgIpc) is 2.60.